The smallest absolute Gasteiger partial charge is 0.336 e. The number of carboxylic acid groups (broad SMARTS) is 1. The van der Waals surface area contributed by atoms with Crippen LogP contribution in [0.2, 0.25) is 0 Å². The number of carbonyl (C=O) groups is 1. The van der Waals surface area contributed by atoms with Crippen molar-refractivity contribution in [2.75, 3.05) is 13.2 Å². The molecular weight excluding hydrogens is 394 g/mol. The molecule has 3 aromatic rings. The quantitative estimate of drug-likeness (QED) is 0.565. The van der Waals surface area contributed by atoms with Crippen molar-refractivity contribution < 1.29 is 23.8 Å². The second kappa shape index (κ2) is 8.94. The second-order valence-electron chi connectivity index (χ2n) is 8.06. The number of ether oxygens (including phenoxy) is 2. The van der Waals surface area contributed by atoms with Crippen molar-refractivity contribution in [1.29, 1.82) is 0 Å². The van der Waals surface area contributed by atoms with Crippen molar-refractivity contribution in [3.8, 4) is 17.2 Å². The maximum absolute atomic E-state index is 11.6. The van der Waals surface area contributed by atoms with E-state index in [1.54, 1.807) is 0 Å². The highest BCUT2D eigenvalue weighted by Crippen LogP contribution is 2.30. The number of hydrogen-bond acceptors (Lipinski definition) is 5. The highest BCUT2D eigenvalue weighted by molar-refractivity contribution is 5.78. The van der Waals surface area contributed by atoms with Crippen molar-refractivity contribution in [2.45, 2.75) is 45.1 Å². The SMILES string of the molecule is Cc1cccc(-c2nc(CCOc3ccc(CC4(C(=O)O)CCCO4)cc3)c(C)o2)c1. The number of oxazole rings is 1. The van der Waals surface area contributed by atoms with Crippen LogP contribution < -0.4 is 4.74 Å². The lowest BCUT2D eigenvalue weighted by Gasteiger charge is -2.23. The molecule has 6 nitrogen and oxygen atoms in total. The van der Waals surface area contributed by atoms with E-state index in [1.807, 2.05) is 56.3 Å². The van der Waals surface area contributed by atoms with Crippen LogP contribution in [0.5, 0.6) is 5.75 Å². The van der Waals surface area contributed by atoms with Crippen molar-refractivity contribution in [2.24, 2.45) is 0 Å². The van der Waals surface area contributed by atoms with Gasteiger partial charge in [0.2, 0.25) is 5.89 Å². The van der Waals surface area contributed by atoms with E-state index in [-0.39, 0.29) is 0 Å². The molecule has 0 spiro atoms. The molecule has 1 atom stereocenters. The van der Waals surface area contributed by atoms with Crippen LogP contribution in [-0.2, 0) is 22.4 Å². The molecule has 6 heteroatoms. The van der Waals surface area contributed by atoms with Gasteiger partial charge in [0.15, 0.2) is 5.60 Å². The number of aryl methyl sites for hydroxylation is 2. The van der Waals surface area contributed by atoms with Gasteiger partial charge >= 0.3 is 5.97 Å². The molecule has 1 aliphatic rings. The molecule has 1 aromatic heterocycles. The summed E-state index contributed by atoms with van der Waals surface area (Å²) in [7, 11) is 0. The van der Waals surface area contributed by atoms with Crippen LogP contribution in [0, 0.1) is 13.8 Å². The topological polar surface area (TPSA) is 81.8 Å². The van der Waals surface area contributed by atoms with E-state index in [1.165, 1.54) is 0 Å². The highest BCUT2D eigenvalue weighted by atomic mass is 16.5. The van der Waals surface area contributed by atoms with Gasteiger partial charge in [-0.05, 0) is 56.5 Å². The molecule has 1 N–H and O–H groups in total. The van der Waals surface area contributed by atoms with Gasteiger partial charge in [-0.15, -0.1) is 0 Å². The van der Waals surface area contributed by atoms with Gasteiger partial charge in [0.1, 0.15) is 11.5 Å². The molecule has 2 aromatic carbocycles. The summed E-state index contributed by atoms with van der Waals surface area (Å²) in [5, 5.41) is 9.55. The lowest BCUT2D eigenvalue weighted by atomic mass is 9.92. The summed E-state index contributed by atoms with van der Waals surface area (Å²) >= 11 is 0. The number of carboxylic acids is 1. The van der Waals surface area contributed by atoms with Crippen LogP contribution in [0.1, 0.15) is 35.4 Å². The number of aliphatic carboxylic acids is 1. The van der Waals surface area contributed by atoms with Crippen molar-refractivity contribution in [3.05, 3.63) is 71.1 Å². The summed E-state index contributed by atoms with van der Waals surface area (Å²) in [6, 6.07) is 15.6. The van der Waals surface area contributed by atoms with E-state index in [9.17, 15) is 9.90 Å². The highest BCUT2D eigenvalue weighted by Gasteiger charge is 2.42. The molecule has 31 heavy (non-hydrogen) atoms. The molecule has 1 aliphatic heterocycles. The first-order valence-electron chi connectivity index (χ1n) is 10.6. The van der Waals surface area contributed by atoms with Crippen LogP contribution in [-0.4, -0.2) is 34.9 Å². The number of benzene rings is 2. The normalized spacial score (nSPS) is 18.3. The third-order valence-electron chi connectivity index (χ3n) is 5.67. The zero-order valence-electron chi connectivity index (χ0n) is 17.9. The second-order valence-corrected chi connectivity index (χ2v) is 8.06. The number of hydrogen-bond donors (Lipinski definition) is 1. The minimum atomic E-state index is -1.10. The van der Waals surface area contributed by atoms with E-state index < -0.39 is 11.6 Å². The molecule has 0 amide bonds. The van der Waals surface area contributed by atoms with Gasteiger partial charge < -0.3 is 19.0 Å². The molecule has 4 rings (SSSR count). The fourth-order valence-electron chi connectivity index (χ4n) is 3.94. The molecule has 1 saturated heterocycles. The Morgan fingerprint density at radius 2 is 2.00 bits per heavy atom. The first kappa shape index (κ1) is 21.1. The van der Waals surface area contributed by atoms with Crippen LogP contribution >= 0.6 is 0 Å². The molecule has 162 valence electrons. The van der Waals surface area contributed by atoms with Gasteiger partial charge in [0, 0.05) is 25.0 Å². The Morgan fingerprint density at radius 1 is 1.19 bits per heavy atom. The lowest BCUT2D eigenvalue weighted by molar-refractivity contribution is -0.159. The Hall–Kier alpha value is -3.12. The molecular formula is C25H27NO5. The zero-order chi connectivity index (χ0) is 21.8. The molecule has 0 bridgehead atoms. The first-order valence-corrected chi connectivity index (χ1v) is 10.6. The van der Waals surface area contributed by atoms with Gasteiger partial charge in [-0.3, -0.25) is 0 Å². The lowest BCUT2D eigenvalue weighted by Crippen LogP contribution is -2.40. The minimum absolute atomic E-state index is 0.364. The Kier molecular flexibility index (Phi) is 6.09. The van der Waals surface area contributed by atoms with Gasteiger partial charge in [-0.25, -0.2) is 9.78 Å². The Labute approximate surface area is 181 Å². The minimum Gasteiger partial charge on any atom is -0.493 e. The average molecular weight is 421 g/mol. The zero-order valence-corrected chi connectivity index (χ0v) is 17.9. The Morgan fingerprint density at radius 3 is 2.68 bits per heavy atom. The van der Waals surface area contributed by atoms with Crippen LogP contribution in [0.25, 0.3) is 11.5 Å². The third-order valence-corrected chi connectivity index (χ3v) is 5.67. The Bertz CT molecular complexity index is 1050. The van der Waals surface area contributed by atoms with Crippen LogP contribution in [0.3, 0.4) is 0 Å². The van der Waals surface area contributed by atoms with E-state index in [0.717, 1.165) is 40.3 Å². The Balaban J connectivity index is 1.34. The fraction of sp³-hybridized carbons (Fsp3) is 0.360. The molecule has 1 fully saturated rings. The van der Waals surface area contributed by atoms with Crippen LogP contribution in [0.4, 0.5) is 0 Å². The van der Waals surface area contributed by atoms with Gasteiger partial charge in [0.25, 0.3) is 0 Å². The summed E-state index contributed by atoms with van der Waals surface area (Å²) in [6.45, 7) is 4.93. The van der Waals surface area contributed by atoms with E-state index in [2.05, 4.69) is 11.1 Å². The van der Waals surface area contributed by atoms with E-state index >= 15 is 0 Å². The largest absolute Gasteiger partial charge is 0.493 e. The first-order chi connectivity index (χ1) is 14.9. The summed E-state index contributed by atoms with van der Waals surface area (Å²) in [5.74, 6) is 1.27. The average Bonchev–Trinajstić information content (AvgIpc) is 3.37. The molecule has 1 unspecified atom stereocenters. The summed E-state index contributed by atoms with van der Waals surface area (Å²) in [5.41, 5.74) is 2.84. The predicted molar refractivity (Wildman–Crippen MR) is 116 cm³/mol. The fourth-order valence-corrected chi connectivity index (χ4v) is 3.94. The van der Waals surface area contributed by atoms with Gasteiger partial charge in [-0.1, -0.05) is 29.8 Å². The molecule has 0 aliphatic carbocycles. The van der Waals surface area contributed by atoms with E-state index in [4.69, 9.17) is 13.9 Å². The predicted octanol–water partition coefficient (Wildman–Crippen LogP) is 4.76. The number of nitrogens with zero attached hydrogens (tertiary/aromatic N) is 1. The van der Waals surface area contributed by atoms with Crippen LogP contribution in [0.15, 0.2) is 52.9 Å². The summed E-state index contributed by atoms with van der Waals surface area (Å²) in [6.07, 6.45) is 2.32. The van der Waals surface area contributed by atoms with E-state index in [0.29, 0.717) is 38.4 Å². The summed E-state index contributed by atoms with van der Waals surface area (Å²) < 4.78 is 17.3. The monoisotopic (exact) mass is 421 g/mol. The maximum atomic E-state index is 11.6. The number of aromatic nitrogens is 1. The molecule has 0 saturated carbocycles. The summed E-state index contributed by atoms with van der Waals surface area (Å²) in [4.78, 5) is 16.3. The third kappa shape index (κ3) is 4.80. The van der Waals surface area contributed by atoms with Gasteiger partial charge in [-0.2, -0.15) is 0 Å². The number of rotatable bonds is 8. The molecule has 2 heterocycles. The standard InChI is InChI=1S/C25H27NO5/c1-17-5-3-6-20(15-17)23-26-22(18(2)31-23)11-14-29-21-9-7-19(8-10-21)16-25(24(27)28)12-4-13-30-25/h3,5-10,15H,4,11-14,16H2,1-2H3,(H,27,28). The van der Waals surface area contributed by atoms with Crippen molar-refractivity contribution in [3.63, 3.8) is 0 Å². The maximum Gasteiger partial charge on any atom is 0.336 e. The van der Waals surface area contributed by atoms with Gasteiger partial charge in [0.05, 0.1) is 12.3 Å². The van der Waals surface area contributed by atoms with Crippen molar-refractivity contribution in [1.82, 2.24) is 4.98 Å². The molecule has 0 radical (unpaired) electrons. The van der Waals surface area contributed by atoms with Crippen molar-refractivity contribution >= 4 is 5.97 Å².